The fourth-order valence-electron chi connectivity index (χ4n) is 2.23. The third-order valence-electron chi connectivity index (χ3n) is 3.29. The molecule has 2 heterocycles. The van der Waals surface area contributed by atoms with Crippen molar-refractivity contribution in [2.75, 3.05) is 7.05 Å². The Hall–Kier alpha value is -2.47. The Morgan fingerprint density at radius 1 is 1.25 bits per heavy atom. The van der Waals surface area contributed by atoms with E-state index in [0.717, 1.165) is 5.69 Å². The van der Waals surface area contributed by atoms with E-state index in [1.54, 1.807) is 6.07 Å². The maximum atomic E-state index is 11.5. The maximum absolute atomic E-state index is 11.5. The van der Waals surface area contributed by atoms with E-state index < -0.39 is 0 Å². The highest BCUT2D eigenvalue weighted by Gasteiger charge is 2.11. The zero-order valence-electron chi connectivity index (χ0n) is 11.1. The molecule has 1 aromatic carbocycles. The minimum absolute atomic E-state index is 0.156. The summed E-state index contributed by atoms with van der Waals surface area (Å²) in [5.41, 5.74) is 2.24. The summed E-state index contributed by atoms with van der Waals surface area (Å²) in [6, 6.07) is 14.0. The van der Waals surface area contributed by atoms with Gasteiger partial charge in [0, 0.05) is 12.5 Å². The van der Waals surface area contributed by atoms with Crippen molar-refractivity contribution in [3.63, 3.8) is 0 Å². The molecule has 0 aliphatic heterocycles. The molecule has 0 saturated carbocycles. The number of aromatic amines is 1. The first-order valence-electron chi connectivity index (χ1n) is 6.43. The summed E-state index contributed by atoms with van der Waals surface area (Å²) in [7, 11) is 1.92. The molecule has 6 heteroatoms. The largest absolute Gasteiger partial charge is 0.364 e. The second-order valence-corrected chi connectivity index (χ2v) is 4.58. The maximum Gasteiger partial charge on any atom is 0.364 e. The van der Waals surface area contributed by atoms with Gasteiger partial charge in [0.05, 0.1) is 5.69 Å². The van der Waals surface area contributed by atoms with Crippen LogP contribution in [0.4, 0.5) is 0 Å². The van der Waals surface area contributed by atoms with Crippen LogP contribution >= 0.6 is 0 Å². The van der Waals surface area contributed by atoms with Crippen LogP contribution in [0.5, 0.6) is 0 Å². The molecule has 2 N–H and O–H groups in total. The molecule has 6 nitrogen and oxygen atoms in total. The Balaban J connectivity index is 1.91. The molecule has 1 unspecified atom stereocenters. The zero-order chi connectivity index (χ0) is 13.9. The van der Waals surface area contributed by atoms with Crippen LogP contribution in [-0.4, -0.2) is 26.9 Å². The molecule has 0 radical (unpaired) electrons. The average molecular weight is 269 g/mol. The number of nitrogens with zero attached hydrogens (tertiary/aromatic N) is 3. The summed E-state index contributed by atoms with van der Waals surface area (Å²) in [5, 5.41) is 13.8. The molecule has 0 fully saturated rings. The first-order valence-corrected chi connectivity index (χ1v) is 6.43. The predicted octanol–water partition coefficient (Wildman–Crippen LogP) is 0.921. The van der Waals surface area contributed by atoms with Crippen molar-refractivity contribution in [3.8, 4) is 0 Å². The normalized spacial score (nSPS) is 12.7. The topological polar surface area (TPSA) is 75.1 Å². The van der Waals surface area contributed by atoms with Crippen LogP contribution in [0.2, 0.25) is 0 Å². The minimum Gasteiger partial charge on any atom is -0.313 e. The fraction of sp³-hybridized carbons (Fsp3) is 0.214. The Bertz CT molecular complexity index is 762. The summed E-state index contributed by atoms with van der Waals surface area (Å²) in [5.74, 6) is 0. The van der Waals surface area contributed by atoms with Crippen molar-refractivity contribution in [1.82, 2.24) is 25.1 Å². The van der Waals surface area contributed by atoms with E-state index in [1.165, 1.54) is 10.1 Å². The molecule has 2 aromatic heterocycles. The Morgan fingerprint density at radius 3 is 2.80 bits per heavy atom. The number of nitrogens with one attached hydrogen (secondary N) is 2. The molecule has 20 heavy (non-hydrogen) atoms. The fourth-order valence-corrected chi connectivity index (χ4v) is 2.23. The van der Waals surface area contributed by atoms with Crippen LogP contribution < -0.4 is 11.0 Å². The molecule has 0 spiro atoms. The SMILES string of the molecule is CNC(Cc1ccc2n[nH]c(=O)n2n1)c1ccccc1. The van der Waals surface area contributed by atoms with Crippen LogP contribution in [0, 0.1) is 0 Å². The number of H-pyrrole nitrogens is 1. The molecular formula is C14H15N5O. The van der Waals surface area contributed by atoms with Crippen molar-refractivity contribution < 1.29 is 0 Å². The Kier molecular flexibility index (Phi) is 3.30. The van der Waals surface area contributed by atoms with Crippen molar-refractivity contribution in [3.05, 3.63) is 64.2 Å². The molecule has 3 rings (SSSR count). The van der Waals surface area contributed by atoms with Crippen LogP contribution in [0.25, 0.3) is 5.65 Å². The number of hydrogen-bond acceptors (Lipinski definition) is 4. The van der Waals surface area contributed by atoms with Crippen molar-refractivity contribution in [2.24, 2.45) is 0 Å². The smallest absolute Gasteiger partial charge is 0.313 e. The Labute approximate surface area is 115 Å². The average Bonchev–Trinajstić information content (AvgIpc) is 2.87. The molecule has 0 aliphatic carbocycles. The second kappa shape index (κ2) is 5.26. The summed E-state index contributed by atoms with van der Waals surface area (Å²) in [4.78, 5) is 11.5. The van der Waals surface area contributed by atoms with Crippen molar-refractivity contribution in [1.29, 1.82) is 0 Å². The molecule has 3 aromatic rings. The van der Waals surface area contributed by atoms with Crippen LogP contribution in [0.3, 0.4) is 0 Å². The van der Waals surface area contributed by atoms with Gasteiger partial charge in [-0.25, -0.2) is 9.89 Å². The molecule has 1 atom stereocenters. The standard InChI is InChI=1S/C14H15N5O/c1-15-12(10-5-3-2-4-6-10)9-11-7-8-13-16-17-14(20)19(13)18-11/h2-8,12,15H,9H2,1H3,(H,17,20). The van der Waals surface area contributed by atoms with Gasteiger partial charge in [-0.1, -0.05) is 30.3 Å². The van der Waals surface area contributed by atoms with Gasteiger partial charge in [0.25, 0.3) is 0 Å². The number of fused-ring (bicyclic) bond motifs is 1. The number of rotatable bonds is 4. The quantitative estimate of drug-likeness (QED) is 0.738. The van der Waals surface area contributed by atoms with E-state index in [4.69, 9.17) is 0 Å². The summed E-state index contributed by atoms with van der Waals surface area (Å²) >= 11 is 0. The lowest BCUT2D eigenvalue weighted by Gasteiger charge is -2.16. The van der Waals surface area contributed by atoms with Gasteiger partial charge >= 0.3 is 5.69 Å². The minimum atomic E-state index is -0.317. The second-order valence-electron chi connectivity index (χ2n) is 4.58. The third kappa shape index (κ3) is 2.33. The van der Waals surface area contributed by atoms with Crippen molar-refractivity contribution in [2.45, 2.75) is 12.5 Å². The van der Waals surface area contributed by atoms with E-state index in [1.807, 2.05) is 31.3 Å². The lowest BCUT2D eigenvalue weighted by Crippen LogP contribution is -2.21. The Morgan fingerprint density at radius 2 is 2.05 bits per heavy atom. The van der Waals surface area contributed by atoms with Gasteiger partial charge < -0.3 is 5.32 Å². The molecule has 102 valence electrons. The number of hydrogen-bond donors (Lipinski definition) is 2. The van der Waals surface area contributed by atoms with Gasteiger partial charge in [-0.2, -0.15) is 14.7 Å². The van der Waals surface area contributed by atoms with Gasteiger partial charge in [0.15, 0.2) is 5.65 Å². The number of likely N-dealkylation sites (N-methyl/N-ethyl adjacent to an activating group) is 1. The van der Waals surface area contributed by atoms with Gasteiger partial charge in [-0.15, -0.1) is 0 Å². The first kappa shape index (κ1) is 12.6. The number of benzene rings is 1. The van der Waals surface area contributed by atoms with Gasteiger partial charge in [0.2, 0.25) is 0 Å². The molecule has 0 bridgehead atoms. The van der Waals surface area contributed by atoms with Crippen LogP contribution in [-0.2, 0) is 6.42 Å². The van der Waals surface area contributed by atoms with Crippen LogP contribution in [0.15, 0.2) is 47.3 Å². The van der Waals surface area contributed by atoms with E-state index >= 15 is 0 Å². The summed E-state index contributed by atoms with van der Waals surface area (Å²) < 4.78 is 1.28. The highest BCUT2D eigenvalue weighted by Crippen LogP contribution is 2.16. The van der Waals surface area contributed by atoms with Gasteiger partial charge in [0.1, 0.15) is 0 Å². The highest BCUT2D eigenvalue weighted by molar-refractivity contribution is 5.34. The summed E-state index contributed by atoms with van der Waals surface area (Å²) in [6.45, 7) is 0. The lowest BCUT2D eigenvalue weighted by molar-refractivity contribution is 0.577. The molecule has 0 aliphatic rings. The third-order valence-corrected chi connectivity index (χ3v) is 3.29. The number of aromatic nitrogens is 4. The zero-order valence-corrected chi connectivity index (χ0v) is 11.1. The predicted molar refractivity (Wildman–Crippen MR) is 75.6 cm³/mol. The van der Waals surface area contributed by atoms with Crippen molar-refractivity contribution >= 4 is 5.65 Å². The summed E-state index contributed by atoms with van der Waals surface area (Å²) in [6.07, 6.45) is 0.702. The molecule has 0 amide bonds. The van der Waals surface area contributed by atoms with E-state index in [9.17, 15) is 4.79 Å². The van der Waals surface area contributed by atoms with Crippen LogP contribution in [0.1, 0.15) is 17.3 Å². The van der Waals surface area contributed by atoms with E-state index in [-0.39, 0.29) is 11.7 Å². The highest BCUT2D eigenvalue weighted by atomic mass is 16.2. The van der Waals surface area contributed by atoms with E-state index in [0.29, 0.717) is 12.1 Å². The first-order chi connectivity index (χ1) is 9.78. The van der Waals surface area contributed by atoms with Gasteiger partial charge in [-0.3, -0.25) is 0 Å². The van der Waals surface area contributed by atoms with E-state index in [2.05, 4.69) is 32.7 Å². The lowest BCUT2D eigenvalue weighted by atomic mass is 10.0. The molecular weight excluding hydrogens is 254 g/mol. The molecule has 0 saturated heterocycles. The van der Waals surface area contributed by atoms with Gasteiger partial charge in [-0.05, 0) is 24.7 Å². The monoisotopic (exact) mass is 269 g/mol.